The number of imidazole rings is 1. The van der Waals surface area contributed by atoms with Gasteiger partial charge in [0, 0.05) is 24.5 Å². The summed E-state index contributed by atoms with van der Waals surface area (Å²) in [6.07, 6.45) is 7.58. The van der Waals surface area contributed by atoms with Gasteiger partial charge in [-0.3, -0.25) is 4.79 Å². The Morgan fingerprint density at radius 3 is 2.67 bits per heavy atom. The van der Waals surface area contributed by atoms with Gasteiger partial charge in [0.1, 0.15) is 5.82 Å². The number of hydrogen-bond acceptors (Lipinski definition) is 4. The van der Waals surface area contributed by atoms with Crippen LogP contribution in [0, 0.1) is 5.82 Å². The van der Waals surface area contributed by atoms with Gasteiger partial charge in [-0.05, 0) is 18.1 Å². The second-order valence-electron chi connectivity index (χ2n) is 6.92. The van der Waals surface area contributed by atoms with Crippen molar-refractivity contribution in [2.45, 2.75) is 25.6 Å². The fourth-order valence-corrected chi connectivity index (χ4v) is 3.22. The molecule has 1 amide bonds. The summed E-state index contributed by atoms with van der Waals surface area (Å²) in [5.74, 6) is -0.642. The Bertz CT molecular complexity index is 1090. The monoisotopic (exact) mass is 404 g/mol. The lowest BCUT2D eigenvalue weighted by molar-refractivity contribution is 0.0928. The molecule has 4 rings (SSSR count). The minimum absolute atomic E-state index is 0.190. The zero-order valence-electron chi connectivity index (χ0n) is 16.2. The van der Waals surface area contributed by atoms with Crippen LogP contribution in [0.3, 0.4) is 0 Å². The summed E-state index contributed by atoms with van der Waals surface area (Å²) >= 11 is 0. The van der Waals surface area contributed by atoms with E-state index in [1.807, 2.05) is 41.1 Å². The van der Waals surface area contributed by atoms with Crippen LogP contribution >= 0.6 is 0 Å². The van der Waals surface area contributed by atoms with Crippen LogP contribution < -0.4 is 5.32 Å². The first kappa shape index (κ1) is 19.5. The minimum atomic E-state index is -0.325. The number of nitrogens with zero attached hydrogens (tertiary/aromatic N) is 5. The quantitative estimate of drug-likeness (QED) is 0.489. The molecule has 0 fully saturated rings. The lowest BCUT2D eigenvalue weighted by Crippen LogP contribution is -2.29. The highest BCUT2D eigenvalue weighted by molar-refractivity contribution is 5.92. The van der Waals surface area contributed by atoms with Crippen LogP contribution in [0.25, 0.3) is 0 Å². The molecule has 0 saturated heterocycles. The van der Waals surface area contributed by atoms with Gasteiger partial charge in [-0.15, -0.1) is 5.10 Å². The highest BCUT2D eigenvalue weighted by Crippen LogP contribution is 2.18. The van der Waals surface area contributed by atoms with Crippen LogP contribution in [0.2, 0.25) is 0 Å². The standard InChI is InChI=1S/C22H21FN6O/c23-19-9-5-4-8-18(19)14-29-15-21(26-27-29)22(30)25-20(17-6-2-1-3-7-17)10-12-28-13-11-24-16-28/h1-9,11,13,15-16,20H,10,12,14H2,(H,25,30)/t20-/m0/s1. The summed E-state index contributed by atoms with van der Waals surface area (Å²) in [7, 11) is 0. The van der Waals surface area contributed by atoms with Gasteiger partial charge in [0.15, 0.2) is 5.69 Å². The number of nitrogens with one attached hydrogen (secondary N) is 1. The fraction of sp³-hybridized carbons (Fsp3) is 0.182. The van der Waals surface area contributed by atoms with Gasteiger partial charge in [-0.25, -0.2) is 14.1 Å². The normalized spacial score (nSPS) is 11.9. The number of rotatable bonds is 8. The van der Waals surface area contributed by atoms with Crippen molar-refractivity contribution < 1.29 is 9.18 Å². The first-order valence-electron chi connectivity index (χ1n) is 9.64. The van der Waals surface area contributed by atoms with Crippen molar-refractivity contribution in [3.05, 3.63) is 102 Å². The van der Waals surface area contributed by atoms with Crippen molar-refractivity contribution in [3.63, 3.8) is 0 Å². The topological polar surface area (TPSA) is 77.6 Å². The third-order valence-corrected chi connectivity index (χ3v) is 4.80. The van der Waals surface area contributed by atoms with Crippen LogP contribution in [-0.2, 0) is 13.1 Å². The molecule has 0 bridgehead atoms. The Hall–Kier alpha value is -3.81. The van der Waals surface area contributed by atoms with Crippen molar-refractivity contribution in [2.75, 3.05) is 0 Å². The maximum Gasteiger partial charge on any atom is 0.273 e. The van der Waals surface area contributed by atoms with Crippen molar-refractivity contribution in [3.8, 4) is 0 Å². The average molecular weight is 404 g/mol. The third kappa shape index (κ3) is 4.78. The molecule has 1 atom stereocenters. The first-order chi connectivity index (χ1) is 14.7. The molecule has 2 aromatic carbocycles. The van der Waals surface area contributed by atoms with Gasteiger partial charge in [0.25, 0.3) is 5.91 Å². The lowest BCUT2D eigenvalue weighted by atomic mass is 10.0. The van der Waals surface area contributed by atoms with Crippen LogP contribution in [0.4, 0.5) is 4.39 Å². The Labute approximate surface area is 173 Å². The number of aromatic nitrogens is 5. The number of hydrogen-bond donors (Lipinski definition) is 1. The SMILES string of the molecule is O=C(N[C@@H](CCn1ccnc1)c1ccccc1)c1cn(Cc2ccccc2F)nn1. The zero-order chi connectivity index (χ0) is 20.8. The maximum absolute atomic E-state index is 13.9. The summed E-state index contributed by atoms with van der Waals surface area (Å²) in [4.78, 5) is 16.9. The molecule has 30 heavy (non-hydrogen) atoms. The Morgan fingerprint density at radius 2 is 1.90 bits per heavy atom. The van der Waals surface area contributed by atoms with E-state index in [4.69, 9.17) is 0 Å². The van der Waals surface area contributed by atoms with E-state index in [0.29, 0.717) is 18.5 Å². The second-order valence-corrected chi connectivity index (χ2v) is 6.92. The van der Waals surface area contributed by atoms with Crippen molar-refractivity contribution in [1.29, 1.82) is 0 Å². The predicted octanol–water partition coefficient (Wildman–Crippen LogP) is 3.22. The second kappa shape index (κ2) is 9.13. The third-order valence-electron chi connectivity index (χ3n) is 4.80. The van der Waals surface area contributed by atoms with Crippen LogP contribution in [0.15, 0.2) is 79.5 Å². The predicted molar refractivity (Wildman–Crippen MR) is 109 cm³/mol. The van der Waals surface area contributed by atoms with E-state index in [9.17, 15) is 9.18 Å². The molecule has 8 heteroatoms. The molecule has 1 N–H and O–H groups in total. The molecule has 0 saturated carbocycles. The summed E-state index contributed by atoms with van der Waals surface area (Å²) < 4.78 is 17.3. The van der Waals surface area contributed by atoms with Gasteiger partial charge in [-0.2, -0.15) is 0 Å². The van der Waals surface area contributed by atoms with E-state index in [1.54, 1.807) is 30.7 Å². The number of amides is 1. The number of halogens is 1. The minimum Gasteiger partial charge on any atom is -0.344 e. The largest absolute Gasteiger partial charge is 0.344 e. The Morgan fingerprint density at radius 1 is 1.10 bits per heavy atom. The molecule has 4 aromatic rings. The highest BCUT2D eigenvalue weighted by Gasteiger charge is 2.18. The molecule has 2 aromatic heterocycles. The lowest BCUT2D eigenvalue weighted by Gasteiger charge is -2.19. The summed E-state index contributed by atoms with van der Waals surface area (Å²) in [6.45, 7) is 0.912. The summed E-state index contributed by atoms with van der Waals surface area (Å²) in [5.41, 5.74) is 1.68. The molecule has 0 radical (unpaired) electrons. The Balaban J connectivity index is 1.45. The number of carbonyl (C=O) groups excluding carboxylic acids is 1. The molecule has 0 unspecified atom stereocenters. The smallest absolute Gasteiger partial charge is 0.273 e. The molecular formula is C22H21FN6O. The molecule has 0 aliphatic rings. The molecular weight excluding hydrogens is 383 g/mol. The van der Waals surface area contributed by atoms with E-state index in [-0.39, 0.29) is 30.0 Å². The van der Waals surface area contributed by atoms with E-state index >= 15 is 0 Å². The van der Waals surface area contributed by atoms with E-state index in [2.05, 4.69) is 20.6 Å². The molecule has 0 aliphatic carbocycles. The highest BCUT2D eigenvalue weighted by atomic mass is 19.1. The number of carbonyl (C=O) groups is 1. The average Bonchev–Trinajstić information content (AvgIpc) is 3.45. The maximum atomic E-state index is 13.9. The van der Waals surface area contributed by atoms with Gasteiger partial charge in [-0.1, -0.05) is 53.7 Å². The van der Waals surface area contributed by atoms with Crippen LogP contribution in [0.1, 0.15) is 34.1 Å². The van der Waals surface area contributed by atoms with Gasteiger partial charge in [0.05, 0.1) is 25.1 Å². The van der Waals surface area contributed by atoms with Crippen LogP contribution in [0.5, 0.6) is 0 Å². The molecule has 2 heterocycles. The first-order valence-corrected chi connectivity index (χ1v) is 9.64. The van der Waals surface area contributed by atoms with E-state index in [1.165, 1.54) is 16.9 Å². The van der Waals surface area contributed by atoms with Crippen molar-refractivity contribution in [2.24, 2.45) is 0 Å². The molecule has 0 aliphatic heterocycles. The van der Waals surface area contributed by atoms with Crippen LogP contribution in [-0.4, -0.2) is 30.5 Å². The number of benzene rings is 2. The zero-order valence-corrected chi connectivity index (χ0v) is 16.2. The van der Waals surface area contributed by atoms with Crippen molar-refractivity contribution >= 4 is 5.91 Å². The fourth-order valence-electron chi connectivity index (χ4n) is 3.22. The molecule has 0 spiro atoms. The van der Waals surface area contributed by atoms with E-state index in [0.717, 1.165) is 5.56 Å². The van der Waals surface area contributed by atoms with Crippen molar-refractivity contribution in [1.82, 2.24) is 29.9 Å². The molecule has 7 nitrogen and oxygen atoms in total. The van der Waals surface area contributed by atoms with E-state index < -0.39 is 0 Å². The van der Waals surface area contributed by atoms with Gasteiger partial charge >= 0.3 is 0 Å². The van der Waals surface area contributed by atoms with Gasteiger partial charge < -0.3 is 9.88 Å². The summed E-state index contributed by atoms with van der Waals surface area (Å²) in [5, 5.41) is 11.0. The van der Waals surface area contributed by atoms with Gasteiger partial charge in [0.2, 0.25) is 0 Å². The summed E-state index contributed by atoms with van der Waals surface area (Å²) in [6, 6.07) is 16.0. The molecule has 152 valence electrons. The Kier molecular flexibility index (Phi) is 5.93. The number of aryl methyl sites for hydroxylation is 1.